The van der Waals surface area contributed by atoms with Crippen LogP contribution in [0.1, 0.15) is 38.4 Å². The fraction of sp³-hybridized carbons (Fsp3) is 0.438. The van der Waals surface area contributed by atoms with Crippen LogP contribution in [0.4, 0.5) is 0 Å². The van der Waals surface area contributed by atoms with Crippen molar-refractivity contribution in [2.24, 2.45) is 5.92 Å². The van der Waals surface area contributed by atoms with Gasteiger partial charge in [0.25, 0.3) is 0 Å². The summed E-state index contributed by atoms with van der Waals surface area (Å²) < 4.78 is 0. The van der Waals surface area contributed by atoms with Crippen molar-refractivity contribution in [1.29, 1.82) is 0 Å². The number of hydrogen-bond donors (Lipinski definition) is 0. The van der Waals surface area contributed by atoms with Crippen molar-refractivity contribution in [2.45, 2.75) is 40.0 Å². The van der Waals surface area contributed by atoms with Gasteiger partial charge in [0.15, 0.2) is 0 Å². The molecule has 0 aliphatic carbocycles. The van der Waals surface area contributed by atoms with Crippen molar-refractivity contribution in [3.8, 4) is 0 Å². The molecule has 18 heavy (non-hydrogen) atoms. The van der Waals surface area contributed by atoms with Gasteiger partial charge in [0.1, 0.15) is 0 Å². The van der Waals surface area contributed by atoms with Crippen LogP contribution in [0.3, 0.4) is 0 Å². The van der Waals surface area contributed by atoms with E-state index >= 15 is 0 Å². The number of halogens is 1. The van der Waals surface area contributed by atoms with E-state index in [4.69, 9.17) is 16.6 Å². The summed E-state index contributed by atoms with van der Waals surface area (Å²) in [6.45, 7) is 6.59. The first-order valence-electron chi connectivity index (χ1n) is 6.68. The molecule has 1 aromatic heterocycles. The van der Waals surface area contributed by atoms with Crippen LogP contribution in [0, 0.1) is 5.92 Å². The third-order valence-corrected chi connectivity index (χ3v) is 3.34. The van der Waals surface area contributed by atoms with Gasteiger partial charge < -0.3 is 0 Å². The molecule has 96 valence electrons. The standard InChI is InChI=1S/C16H20ClN/c1-4-5-12-6-7-16-14(9-12)15(17)10-13(18-16)8-11(2)3/h6-7,9-11H,4-5,8H2,1-3H3. The topological polar surface area (TPSA) is 12.9 Å². The lowest BCUT2D eigenvalue weighted by atomic mass is 10.0. The van der Waals surface area contributed by atoms with Crippen molar-refractivity contribution in [3.63, 3.8) is 0 Å². The summed E-state index contributed by atoms with van der Waals surface area (Å²) >= 11 is 6.38. The van der Waals surface area contributed by atoms with Gasteiger partial charge in [0.2, 0.25) is 0 Å². The van der Waals surface area contributed by atoms with Gasteiger partial charge in [-0.15, -0.1) is 0 Å². The smallest absolute Gasteiger partial charge is 0.0720 e. The quantitative estimate of drug-likeness (QED) is 0.751. The summed E-state index contributed by atoms with van der Waals surface area (Å²) in [5.41, 5.74) is 3.44. The molecule has 0 aliphatic rings. The predicted molar refractivity (Wildman–Crippen MR) is 79.3 cm³/mol. The second-order valence-electron chi connectivity index (χ2n) is 5.29. The number of nitrogens with zero attached hydrogens (tertiary/aromatic N) is 1. The summed E-state index contributed by atoms with van der Waals surface area (Å²) in [7, 11) is 0. The molecule has 0 unspecified atom stereocenters. The molecule has 1 aromatic carbocycles. The third kappa shape index (κ3) is 3.02. The summed E-state index contributed by atoms with van der Waals surface area (Å²) in [5.74, 6) is 0.602. The second-order valence-corrected chi connectivity index (χ2v) is 5.70. The fourth-order valence-electron chi connectivity index (χ4n) is 2.25. The molecule has 0 atom stereocenters. The fourth-order valence-corrected chi connectivity index (χ4v) is 2.53. The molecule has 0 saturated carbocycles. The van der Waals surface area contributed by atoms with E-state index in [1.807, 2.05) is 6.07 Å². The van der Waals surface area contributed by atoms with Crippen LogP contribution in [0.5, 0.6) is 0 Å². The van der Waals surface area contributed by atoms with E-state index in [2.05, 4.69) is 39.0 Å². The van der Waals surface area contributed by atoms with E-state index in [0.717, 1.165) is 40.9 Å². The molecule has 2 aromatic rings. The lowest BCUT2D eigenvalue weighted by Gasteiger charge is -2.08. The Kier molecular flexibility index (Phi) is 4.23. The minimum Gasteiger partial charge on any atom is -0.253 e. The highest BCUT2D eigenvalue weighted by atomic mass is 35.5. The number of hydrogen-bond acceptors (Lipinski definition) is 1. The minimum absolute atomic E-state index is 0.602. The van der Waals surface area contributed by atoms with E-state index in [1.165, 1.54) is 5.56 Å². The van der Waals surface area contributed by atoms with Crippen LogP contribution < -0.4 is 0 Å². The molecule has 1 heterocycles. The number of fused-ring (bicyclic) bond motifs is 1. The largest absolute Gasteiger partial charge is 0.253 e. The first-order chi connectivity index (χ1) is 8.60. The van der Waals surface area contributed by atoms with Crippen LogP contribution >= 0.6 is 11.6 Å². The minimum atomic E-state index is 0.602. The molecule has 0 bridgehead atoms. The monoisotopic (exact) mass is 261 g/mol. The Hall–Kier alpha value is -1.08. The maximum absolute atomic E-state index is 6.38. The van der Waals surface area contributed by atoms with Crippen molar-refractivity contribution in [2.75, 3.05) is 0 Å². The molecule has 2 heteroatoms. The van der Waals surface area contributed by atoms with Crippen LogP contribution in [-0.4, -0.2) is 4.98 Å². The summed E-state index contributed by atoms with van der Waals surface area (Å²) in [5, 5.41) is 1.91. The van der Waals surface area contributed by atoms with Gasteiger partial charge in [0, 0.05) is 11.1 Å². The zero-order valence-electron chi connectivity index (χ0n) is 11.3. The Labute approximate surface area is 114 Å². The van der Waals surface area contributed by atoms with Crippen molar-refractivity contribution >= 4 is 22.5 Å². The molecule has 0 spiro atoms. The van der Waals surface area contributed by atoms with Crippen LogP contribution in [-0.2, 0) is 12.8 Å². The molecule has 0 fully saturated rings. The van der Waals surface area contributed by atoms with E-state index < -0.39 is 0 Å². The molecule has 0 N–H and O–H groups in total. The van der Waals surface area contributed by atoms with Gasteiger partial charge in [-0.05, 0) is 42.5 Å². The van der Waals surface area contributed by atoms with Gasteiger partial charge in [-0.25, -0.2) is 0 Å². The zero-order chi connectivity index (χ0) is 13.1. The molecule has 0 saturated heterocycles. The number of pyridine rings is 1. The SMILES string of the molecule is CCCc1ccc2nc(CC(C)C)cc(Cl)c2c1. The molecular weight excluding hydrogens is 242 g/mol. The van der Waals surface area contributed by atoms with Gasteiger partial charge in [-0.3, -0.25) is 4.98 Å². The third-order valence-electron chi connectivity index (χ3n) is 3.03. The van der Waals surface area contributed by atoms with Crippen LogP contribution in [0.2, 0.25) is 5.02 Å². The average Bonchev–Trinajstić information content (AvgIpc) is 2.29. The molecule has 0 radical (unpaired) electrons. The Morgan fingerprint density at radius 2 is 2.00 bits per heavy atom. The highest BCUT2D eigenvalue weighted by Gasteiger charge is 2.06. The lowest BCUT2D eigenvalue weighted by Crippen LogP contribution is -1.98. The van der Waals surface area contributed by atoms with E-state index in [-0.39, 0.29) is 0 Å². The van der Waals surface area contributed by atoms with E-state index in [9.17, 15) is 0 Å². The Morgan fingerprint density at radius 3 is 2.67 bits per heavy atom. The first-order valence-corrected chi connectivity index (χ1v) is 7.06. The first kappa shape index (κ1) is 13.4. The van der Waals surface area contributed by atoms with E-state index in [1.54, 1.807) is 0 Å². The second kappa shape index (κ2) is 5.71. The van der Waals surface area contributed by atoms with Crippen molar-refractivity contribution < 1.29 is 0 Å². The Bertz CT molecular complexity index is 546. The van der Waals surface area contributed by atoms with Crippen molar-refractivity contribution in [3.05, 3.63) is 40.5 Å². The summed E-state index contributed by atoms with van der Waals surface area (Å²) in [6, 6.07) is 8.44. The zero-order valence-corrected chi connectivity index (χ0v) is 12.1. The van der Waals surface area contributed by atoms with Gasteiger partial charge in [0.05, 0.1) is 10.5 Å². The van der Waals surface area contributed by atoms with Gasteiger partial charge >= 0.3 is 0 Å². The highest BCUT2D eigenvalue weighted by Crippen LogP contribution is 2.25. The number of aromatic nitrogens is 1. The molecular formula is C16H20ClN. The molecule has 1 nitrogen and oxygen atoms in total. The lowest BCUT2D eigenvalue weighted by molar-refractivity contribution is 0.637. The maximum Gasteiger partial charge on any atom is 0.0720 e. The average molecular weight is 262 g/mol. The Morgan fingerprint density at radius 1 is 1.22 bits per heavy atom. The van der Waals surface area contributed by atoms with Crippen LogP contribution in [0.25, 0.3) is 10.9 Å². The van der Waals surface area contributed by atoms with E-state index in [0.29, 0.717) is 5.92 Å². The van der Waals surface area contributed by atoms with Gasteiger partial charge in [-0.1, -0.05) is 44.9 Å². The molecule has 2 rings (SSSR count). The van der Waals surface area contributed by atoms with Crippen LogP contribution in [0.15, 0.2) is 24.3 Å². The highest BCUT2D eigenvalue weighted by molar-refractivity contribution is 6.35. The normalized spacial score (nSPS) is 11.4. The summed E-state index contributed by atoms with van der Waals surface area (Å²) in [6.07, 6.45) is 3.23. The maximum atomic E-state index is 6.38. The van der Waals surface area contributed by atoms with Crippen molar-refractivity contribution in [1.82, 2.24) is 4.98 Å². The predicted octanol–water partition coefficient (Wildman–Crippen LogP) is 5.04. The van der Waals surface area contributed by atoms with Gasteiger partial charge in [-0.2, -0.15) is 0 Å². The summed E-state index contributed by atoms with van der Waals surface area (Å²) in [4.78, 5) is 4.69. The number of benzene rings is 1. The molecule has 0 aliphatic heterocycles. The number of aryl methyl sites for hydroxylation is 1. The molecule has 0 amide bonds. The number of rotatable bonds is 4. The Balaban J connectivity index is 2.44.